The van der Waals surface area contributed by atoms with Crippen molar-refractivity contribution in [2.75, 3.05) is 6.54 Å². The Labute approximate surface area is 182 Å². The van der Waals surface area contributed by atoms with E-state index in [0.29, 0.717) is 19.5 Å². The van der Waals surface area contributed by atoms with Crippen molar-refractivity contribution in [1.29, 1.82) is 0 Å². The number of amides is 3. The van der Waals surface area contributed by atoms with E-state index < -0.39 is 23.9 Å². The molecule has 2 aromatic carbocycles. The molecule has 0 saturated heterocycles. The summed E-state index contributed by atoms with van der Waals surface area (Å²) in [5.41, 5.74) is 7.19. The van der Waals surface area contributed by atoms with Gasteiger partial charge >= 0.3 is 0 Å². The lowest BCUT2D eigenvalue weighted by atomic mass is 10.0. The third-order valence-electron chi connectivity index (χ3n) is 4.80. The summed E-state index contributed by atoms with van der Waals surface area (Å²) < 4.78 is 0. The zero-order chi connectivity index (χ0) is 22.6. The first-order chi connectivity index (χ1) is 14.9. The highest BCUT2D eigenvalue weighted by molar-refractivity contribution is 5.91. The molecule has 31 heavy (non-hydrogen) atoms. The highest BCUT2D eigenvalue weighted by Gasteiger charge is 2.25. The van der Waals surface area contributed by atoms with Gasteiger partial charge in [-0.1, -0.05) is 49.4 Å². The van der Waals surface area contributed by atoms with Crippen LogP contribution in [0.1, 0.15) is 30.9 Å². The molecule has 0 aliphatic carbocycles. The summed E-state index contributed by atoms with van der Waals surface area (Å²) in [7, 11) is 0. The van der Waals surface area contributed by atoms with E-state index in [0.717, 1.165) is 11.1 Å². The van der Waals surface area contributed by atoms with Crippen molar-refractivity contribution in [3.8, 4) is 5.75 Å². The van der Waals surface area contributed by atoms with E-state index in [4.69, 9.17) is 5.73 Å². The number of benzene rings is 2. The summed E-state index contributed by atoms with van der Waals surface area (Å²) in [6.07, 6.45) is 0.758. The van der Waals surface area contributed by atoms with Gasteiger partial charge in [0.1, 0.15) is 17.8 Å². The Morgan fingerprint density at radius 3 is 2.23 bits per heavy atom. The molecular weight excluding hydrogens is 396 g/mol. The van der Waals surface area contributed by atoms with Gasteiger partial charge in [0.2, 0.25) is 17.7 Å². The van der Waals surface area contributed by atoms with E-state index in [9.17, 15) is 19.5 Å². The average Bonchev–Trinajstić information content (AvgIpc) is 2.76. The second kappa shape index (κ2) is 12.3. The highest BCUT2D eigenvalue weighted by atomic mass is 16.3. The summed E-state index contributed by atoms with van der Waals surface area (Å²) in [6.45, 7) is 2.83. The van der Waals surface area contributed by atoms with Crippen molar-refractivity contribution in [2.45, 2.75) is 44.8 Å². The average molecular weight is 427 g/mol. The monoisotopic (exact) mass is 426 g/mol. The maximum Gasteiger partial charge on any atom is 0.243 e. The van der Waals surface area contributed by atoms with Gasteiger partial charge in [0.25, 0.3) is 0 Å². The van der Waals surface area contributed by atoms with Gasteiger partial charge in [0, 0.05) is 25.9 Å². The van der Waals surface area contributed by atoms with Crippen LogP contribution in [0.2, 0.25) is 0 Å². The third-order valence-corrected chi connectivity index (χ3v) is 4.80. The van der Waals surface area contributed by atoms with Gasteiger partial charge < -0.3 is 26.8 Å². The van der Waals surface area contributed by atoms with E-state index in [2.05, 4.69) is 16.0 Å². The summed E-state index contributed by atoms with van der Waals surface area (Å²) >= 11 is 0. The fourth-order valence-electron chi connectivity index (χ4n) is 3.02. The van der Waals surface area contributed by atoms with Crippen molar-refractivity contribution in [3.63, 3.8) is 0 Å². The summed E-state index contributed by atoms with van der Waals surface area (Å²) in [5, 5.41) is 18.0. The first-order valence-electron chi connectivity index (χ1n) is 10.3. The van der Waals surface area contributed by atoms with Crippen LogP contribution in [0.5, 0.6) is 5.75 Å². The first kappa shape index (κ1) is 23.9. The lowest BCUT2D eigenvalue weighted by molar-refractivity contribution is -0.131. The number of rotatable bonds is 12. The van der Waals surface area contributed by atoms with Crippen molar-refractivity contribution < 1.29 is 19.5 Å². The van der Waals surface area contributed by atoms with Crippen molar-refractivity contribution in [1.82, 2.24) is 16.0 Å². The molecule has 0 heterocycles. The Morgan fingerprint density at radius 2 is 1.61 bits per heavy atom. The Hall–Kier alpha value is -3.39. The maximum atomic E-state index is 12.7. The van der Waals surface area contributed by atoms with E-state index in [1.54, 1.807) is 19.1 Å². The van der Waals surface area contributed by atoms with Crippen LogP contribution in [0.3, 0.4) is 0 Å². The highest BCUT2D eigenvalue weighted by Crippen LogP contribution is 2.12. The van der Waals surface area contributed by atoms with Crippen molar-refractivity contribution in [3.05, 3.63) is 65.7 Å². The molecule has 0 radical (unpaired) electrons. The standard InChI is InChI=1S/C23H30N4O4/c1-2-19(22(24)30)27-23(31)20(14-16-8-10-18(28)11-9-16)26-21(29)12-13-25-15-17-6-4-3-5-7-17/h3-11,19-20,25,28H,2,12-15H2,1H3,(H2,24,30)(H,26,29)(H,27,31)/t19-,20-/m0/s1. The minimum absolute atomic E-state index is 0.109. The maximum absolute atomic E-state index is 12.7. The predicted octanol–water partition coefficient (Wildman–Crippen LogP) is 0.979. The number of nitrogens with one attached hydrogen (secondary N) is 3. The number of hydrogen-bond acceptors (Lipinski definition) is 5. The van der Waals surface area contributed by atoms with Gasteiger partial charge in [-0.05, 0) is 29.7 Å². The SMILES string of the molecule is CC[C@H](NC(=O)[C@H](Cc1ccc(O)cc1)NC(=O)CCNCc1ccccc1)C(N)=O. The van der Waals surface area contributed by atoms with Crippen molar-refractivity contribution >= 4 is 17.7 Å². The number of phenols is 1. The fourth-order valence-corrected chi connectivity index (χ4v) is 3.02. The molecule has 2 atom stereocenters. The van der Waals surface area contributed by atoms with Gasteiger partial charge in [-0.15, -0.1) is 0 Å². The normalized spacial score (nSPS) is 12.5. The number of primary amides is 1. The molecular formula is C23H30N4O4. The largest absolute Gasteiger partial charge is 0.508 e. The van der Waals surface area contributed by atoms with Crippen LogP contribution in [0, 0.1) is 0 Å². The van der Waals surface area contributed by atoms with Gasteiger partial charge in [-0.2, -0.15) is 0 Å². The summed E-state index contributed by atoms with van der Waals surface area (Å²) in [4.78, 5) is 36.7. The number of carbonyl (C=O) groups excluding carboxylic acids is 3. The van der Waals surface area contributed by atoms with Crippen LogP contribution in [-0.4, -0.2) is 41.5 Å². The molecule has 8 heteroatoms. The van der Waals surface area contributed by atoms with Crippen LogP contribution >= 0.6 is 0 Å². The smallest absolute Gasteiger partial charge is 0.243 e. The molecule has 0 bridgehead atoms. The molecule has 3 amide bonds. The second-order valence-corrected chi connectivity index (χ2v) is 7.27. The minimum atomic E-state index is -0.875. The molecule has 0 fully saturated rings. The topological polar surface area (TPSA) is 134 Å². The molecule has 0 saturated carbocycles. The van der Waals surface area contributed by atoms with E-state index >= 15 is 0 Å². The van der Waals surface area contributed by atoms with Gasteiger partial charge in [-0.25, -0.2) is 0 Å². The van der Waals surface area contributed by atoms with E-state index in [1.807, 2.05) is 30.3 Å². The van der Waals surface area contributed by atoms with E-state index in [-0.39, 0.29) is 24.5 Å². The predicted molar refractivity (Wildman–Crippen MR) is 118 cm³/mol. The zero-order valence-corrected chi connectivity index (χ0v) is 17.6. The lowest BCUT2D eigenvalue weighted by Crippen LogP contribution is -2.53. The Kier molecular flexibility index (Phi) is 9.51. The molecule has 166 valence electrons. The molecule has 6 N–H and O–H groups in total. The Morgan fingerprint density at radius 1 is 0.935 bits per heavy atom. The molecule has 0 unspecified atom stereocenters. The Balaban J connectivity index is 1.94. The van der Waals surface area contributed by atoms with Crippen LogP contribution in [0.4, 0.5) is 0 Å². The van der Waals surface area contributed by atoms with E-state index in [1.165, 1.54) is 12.1 Å². The lowest BCUT2D eigenvalue weighted by Gasteiger charge is -2.21. The number of aromatic hydroxyl groups is 1. The molecule has 8 nitrogen and oxygen atoms in total. The molecule has 0 spiro atoms. The third kappa shape index (κ3) is 8.47. The Bertz CT molecular complexity index is 856. The summed E-state index contributed by atoms with van der Waals surface area (Å²) in [5.74, 6) is -1.29. The minimum Gasteiger partial charge on any atom is -0.508 e. The molecule has 0 aliphatic heterocycles. The molecule has 2 rings (SSSR count). The van der Waals surface area contributed by atoms with Crippen LogP contribution in [-0.2, 0) is 27.3 Å². The number of hydrogen-bond donors (Lipinski definition) is 5. The molecule has 2 aromatic rings. The van der Waals surface area contributed by atoms with Crippen LogP contribution in [0.25, 0.3) is 0 Å². The second-order valence-electron chi connectivity index (χ2n) is 7.27. The van der Waals surface area contributed by atoms with Crippen LogP contribution < -0.4 is 21.7 Å². The zero-order valence-electron chi connectivity index (χ0n) is 17.6. The van der Waals surface area contributed by atoms with Gasteiger partial charge in [-0.3, -0.25) is 14.4 Å². The van der Waals surface area contributed by atoms with Gasteiger partial charge in [0.05, 0.1) is 0 Å². The number of phenolic OH excluding ortho intramolecular Hbond substituents is 1. The fraction of sp³-hybridized carbons (Fsp3) is 0.348. The molecule has 0 aliphatic rings. The molecule has 0 aromatic heterocycles. The summed E-state index contributed by atoms with van der Waals surface area (Å²) in [6, 6.07) is 14.5. The quantitative estimate of drug-likeness (QED) is 0.323. The number of nitrogens with two attached hydrogens (primary N) is 1. The first-order valence-corrected chi connectivity index (χ1v) is 10.3. The van der Waals surface area contributed by atoms with Crippen LogP contribution in [0.15, 0.2) is 54.6 Å². The van der Waals surface area contributed by atoms with Gasteiger partial charge in [0.15, 0.2) is 0 Å². The number of carbonyl (C=O) groups is 3. The van der Waals surface area contributed by atoms with Crippen molar-refractivity contribution in [2.24, 2.45) is 5.73 Å².